The number of carbonyl (C=O) groups is 1. The summed E-state index contributed by atoms with van der Waals surface area (Å²) in [6.45, 7) is 5.02. The first-order chi connectivity index (χ1) is 8.97. The quantitative estimate of drug-likeness (QED) is 0.860. The highest BCUT2D eigenvalue weighted by molar-refractivity contribution is 6.43. The second-order valence-corrected chi connectivity index (χ2v) is 5.48. The molecule has 1 aromatic carbocycles. The van der Waals surface area contributed by atoms with E-state index in [0.29, 0.717) is 28.8 Å². The van der Waals surface area contributed by atoms with E-state index in [4.69, 9.17) is 27.9 Å². The summed E-state index contributed by atoms with van der Waals surface area (Å²) in [6.07, 6.45) is 0.0636. The van der Waals surface area contributed by atoms with Crippen LogP contribution in [0.5, 0.6) is 0 Å². The summed E-state index contributed by atoms with van der Waals surface area (Å²) in [7, 11) is 0. The molecule has 1 aromatic rings. The normalized spacial score (nSPS) is 23.3. The van der Waals surface area contributed by atoms with Gasteiger partial charge in [-0.15, -0.1) is 0 Å². The maximum absolute atomic E-state index is 12.2. The monoisotopic (exact) mass is 302 g/mol. The lowest BCUT2D eigenvalue weighted by atomic mass is 10.2. The minimum atomic E-state index is -0.189. The number of hydrogen-bond acceptors (Lipinski definition) is 2. The van der Waals surface area contributed by atoms with E-state index in [2.05, 4.69) is 5.32 Å². The highest BCUT2D eigenvalue weighted by atomic mass is 35.5. The summed E-state index contributed by atoms with van der Waals surface area (Å²) in [4.78, 5) is 13.9. The standard InChI is InChI=1S/C13H16Cl2N2O2/c1-8-6-17(7-9(2)19-8)13(18)16-11-5-3-4-10(14)12(11)15/h3-5,8-9H,6-7H2,1-2H3,(H,16,18)/t8-,9-/m1/s1. The molecule has 19 heavy (non-hydrogen) atoms. The number of morpholine rings is 1. The van der Waals surface area contributed by atoms with Gasteiger partial charge < -0.3 is 15.0 Å². The Balaban J connectivity index is 2.06. The molecule has 6 heteroatoms. The van der Waals surface area contributed by atoms with Crippen LogP contribution < -0.4 is 5.32 Å². The van der Waals surface area contributed by atoms with E-state index in [1.165, 1.54) is 0 Å². The zero-order chi connectivity index (χ0) is 14.0. The summed E-state index contributed by atoms with van der Waals surface area (Å²) in [5.41, 5.74) is 0.519. The van der Waals surface area contributed by atoms with Crippen LogP contribution in [0, 0.1) is 0 Å². The van der Waals surface area contributed by atoms with Gasteiger partial charge in [-0.05, 0) is 26.0 Å². The van der Waals surface area contributed by atoms with E-state index < -0.39 is 0 Å². The van der Waals surface area contributed by atoms with Gasteiger partial charge in [-0.25, -0.2) is 4.79 Å². The van der Waals surface area contributed by atoms with Crippen LogP contribution in [0.15, 0.2) is 18.2 Å². The molecule has 0 saturated carbocycles. The average Bonchev–Trinajstić information content (AvgIpc) is 2.33. The van der Waals surface area contributed by atoms with Gasteiger partial charge in [-0.1, -0.05) is 29.3 Å². The van der Waals surface area contributed by atoms with Crippen LogP contribution in [0.2, 0.25) is 10.0 Å². The number of nitrogens with one attached hydrogen (secondary N) is 1. The molecule has 1 aliphatic rings. The molecule has 0 aromatic heterocycles. The molecule has 2 atom stereocenters. The molecule has 0 unspecified atom stereocenters. The average molecular weight is 303 g/mol. The van der Waals surface area contributed by atoms with E-state index in [1.807, 2.05) is 13.8 Å². The van der Waals surface area contributed by atoms with E-state index in [1.54, 1.807) is 23.1 Å². The third kappa shape index (κ3) is 3.53. The Labute approximate surface area is 122 Å². The minimum absolute atomic E-state index is 0.0318. The van der Waals surface area contributed by atoms with E-state index in [0.717, 1.165) is 0 Å². The number of urea groups is 1. The van der Waals surface area contributed by atoms with Crippen molar-refractivity contribution in [1.29, 1.82) is 0 Å². The number of nitrogens with zero attached hydrogens (tertiary/aromatic N) is 1. The minimum Gasteiger partial charge on any atom is -0.372 e. The van der Waals surface area contributed by atoms with Gasteiger partial charge in [0.25, 0.3) is 0 Å². The molecule has 1 heterocycles. The van der Waals surface area contributed by atoms with Crippen LogP contribution in [0.3, 0.4) is 0 Å². The Morgan fingerprint density at radius 1 is 1.32 bits per heavy atom. The zero-order valence-corrected chi connectivity index (χ0v) is 12.3. The molecule has 1 saturated heterocycles. The van der Waals surface area contributed by atoms with Gasteiger partial charge in [0.15, 0.2) is 0 Å². The predicted molar refractivity (Wildman–Crippen MR) is 77.1 cm³/mol. The van der Waals surface area contributed by atoms with Crippen molar-refractivity contribution in [2.75, 3.05) is 18.4 Å². The van der Waals surface area contributed by atoms with E-state index in [-0.39, 0.29) is 18.2 Å². The highest BCUT2D eigenvalue weighted by Gasteiger charge is 2.26. The van der Waals surface area contributed by atoms with Crippen LogP contribution in [0.1, 0.15) is 13.8 Å². The second kappa shape index (κ2) is 5.99. The topological polar surface area (TPSA) is 41.6 Å². The number of rotatable bonds is 1. The van der Waals surface area contributed by atoms with Gasteiger partial charge in [0.1, 0.15) is 0 Å². The van der Waals surface area contributed by atoms with Crippen molar-refractivity contribution in [3.63, 3.8) is 0 Å². The Morgan fingerprint density at radius 2 is 1.95 bits per heavy atom. The molecule has 1 fully saturated rings. The summed E-state index contributed by atoms with van der Waals surface area (Å²) in [5, 5.41) is 3.55. The third-order valence-corrected chi connectivity index (χ3v) is 3.72. The molecular weight excluding hydrogens is 287 g/mol. The summed E-state index contributed by atoms with van der Waals surface area (Å²) >= 11 is 12.0. The number of hydrogen-bond donors (Lipinski definition) is 1. The molecule has 104 valence electrons. The van der Waals surface area contributed by atoms with Gasteiger partial charge >= 0.3 is 6.03 Å². The molecule has 0 spiro atoms. The number of ether oxygens (including phenoxy) is 1. The van der Waals surface area contributed by atoms with Crippen molar-refractivity contribution in [1.82, 2.24) is 4.90 Å². The molecule has 0 radical (unpaired) electrons. The number of benzene rings is 1. The van der Waals surface area contributed by atoms with Gasteiger partial charge in [0.2, 0.25) is 0 Å². The largest absolute Gasteiger partial charge is 0.372 e. The molecule has 4 nitrogen and oxygen atoms in total. The fourth-order valence-electron chi connectivity index (χ4n) is 2.14. The molecule has 1 aliphatic heterocycles. The molecule has 0 aliphatic carbocycles. The first-order valence-corrected chi connectivity index (χ1v) is 6.88. The lowest BCUT2D eigenvalue weighted by molar-refractivity contribution is -0.0530. The molecule has 0 bridgehead atoms. The van der Waals surface area contributed by atoms with Gasteiger partial charge in [0, 0.05) is 13.1 Å². The number of halogens is 2. The summed E-state index contributed by atoms with van der Waals surface area (Å²) in [6, 6.07) is 4.96. The summed E-state index contributed by atoms with van der Waals surface area (Å²) in [5.74, 6) is 0. The van der Waals surface area contributed by atoms with Gasteiger partial charge in [-0.2, -0.15) is 0 Å². The first-order valence-electron chi connectivity index (χ1n) is 6.12. The zero-order valence-electron chi connectivity index (χ0n) is 10.8. The van der Waals surface area contributed by atoms with Crippen molar-refractivity contribution in [2.45, 2.75) is 26.1 Å². The van der Waals surface area contributed by atoms with Crippen LogP contribution in [0.25, 0.3) is 0 Å². The van der Waals surface area contributed by atoms with Crippen LogP contribution in [-0.2, 0) is 4.74 Å². The van der Waals surface area contributed by atoms with Crippen LogP contribution >= 0.6 is 23.2 Å². The Hall–Kier alpha value is -0.970. The fraction of sp³-hybridized carbons (Fsp3) is 0.462. The van der Waals surface area contributed by atoms with Gasteiger partial charge in [-0.3, -0.25) is 0 Å². The smallest absolute Gasteiger partial charge is 0.322 e. The molecule has 2 amide bonds. The highest BCUT2D eigenvalue weighted by Crippen LogP contribution is 2.29. The molecule has 2 rings (SSSR count). The Bertz CT molecular complexity index is 472. The lowest BCUT2D eigenvalue weighted by Gasteiger charge is -2.35. The lowest BCUT2D eigenvalue weighted by Crippen LogP contribution is -2.49. The third-order valence-electron chi connectivity index (χ3n) is 2.90. The van der Waals surface area contributed by atoms with Gasteiger partial charge in [0.05, 0.1) is 27.9 Å². The van der Waals surface area contributed by atoms with E-state index >= 15 is 0 Å². The van der Waals surface area contributed by atoms with Crippen molar-refractivity contribution in [2.24, 2.45) is 0 Å². The molecular formula is C13H16Cl2N2O2. The SMILES string of the molecule is C[C@@H]1CN(C(=O)Nc2cccc(Cl)c2Cl)C[C@@H](C)O1. The first kappa shape index (κ1) is 14.4. The number of anilines is 1. The van der Waals surface area contributed by atoms with E-state index in [9.17, 15) is 4.79 Å². The van der Waals surface area contributed by atoms with Crippen molar-refractivity contribution in [3.8, 4) is 0 Å². The van der Waals surface area contributed by atoms with Crippen molar-refractivity contribution in [3.05, 3.63) is 28.2 Å². The summed E-state index contributed by atoms with van der Waals surface area (Å²) < 4.78 is 5.59. The fourth-order valence-corrected chi connectivity index (χ4v) is 2.49. The second-order valence-electron chi connectivity index (χ2n) is 4.69. The van der Waals surface area contributed by atoms with Crippen molar-refractivity contribution >= 4 is 34.9 Å². The van der Waals surface area contributed by atoms with Crippen LogP contribution in [0.4, 0.5) is 10.5 Å². The van der Waals surface area contributed by atoms with Crippen molar-refractivity contribution < 1.29 is 9.53 Å². The Kier molecular flexibility index (Phi) is 4.55. The number of amides is 2. The Morgan fingerprint density at radius 3 is 2.58 bits per heavy atom. The molecule has 1 N–H and O–H groups in total. The number of carbonyl (C=O) groups excluding carboxylic acids is 1. The maximum Gasteiger partial charge on any atom is 0.322 e. The van der Waals surface area contributed by atoms with Crippen LogP contribution in [-0.4, -0.2) is 36.2 Å². The predicted octanol–water partition coefficient (Wildman–Crippen LogP) is 3.63. The maximum atomic E-state index is 12.2.